The minimum absolute atomic E-state index is 0.130. The summed E-state index contributed by atoms with van der Waals surface area (Å²) in [7, 11) is 0. The Hall–Kier alpha value is -2.62. The smallest absolute Gasteiger partial charge is 0.253 e. The van der Waals surface area contributed by atoms with Crippen LogP contribution in [0.1, 0.15) is 46.8 Å². The number of benzene rings is 3. The Morgan fingerprint density at radius 2 is 1.65 bits per heavy atom. The van der Waals surface area contributed by atoms with Gasteiger partial charge in [-0.2, -0.15) is 0 Å². The van der Waals surface area contributed by atoms with Gasteiger partial charge in [0.15, 0.2) is 0 Å². The molecule has 1 heterocycles. The molecule has 0 aliphatic carbocycles. The number of carbonyl (C=O) groups excluding carboxylic acids is 1. The first-order valence-corrected chi connectivity index (χ1v) is 12.6. The highest BCUT2D eigenvalue weighted by molar-refractivity contribution is 6.31. The molecule has 4 heteroatoms. The summed E-state index contributed by atoms with van der Waals surface area (Å²) in [5, 5.41) is 0.818. The number of amides is 1. The zero-order valence-corrected chi connectivity index (χ0v) is 21.2. The maximum Gasteiger partial charge on any atom is 0.253 e. The zero-order chi connectivity index (χ0) is 24.1. The van der Waals surface area contributed by atoms with Gasteiger partial charge in [0.05, 0.1) is 0 Å². The Labute approximate surface area is 209 Å². The van der Waals surface area contributed by atoms with Crippen LogP contribution in [0.15, 0.2) is 78.9 Å². The molecule has 34 heavy (non-hydrogen) atoms. The maximum atomic E-state index is 13.5. The molecule has 3 aromatic carbocycles. The number of halogens is 1. The Bertz CT molecular complexity index is 1080. The van der Waals surface area contributed by atoms with Crippen molar-refractivity contribution in [2.75, 3.05) is 26.2 Å². The molecule has 178 valence electrons. The topological polar surface area (TPSA) is 23.6 Å². The van der Waals surface area contributed by atoms with Crippen molar-refractivity contribution in [1.82, 2.24) is 9.80 Å². The minimum atomic E-state index is 0.130. The molecule has 0 spiro atoms. The van der Waals surface area contributed by atoms with E-state index in [1.165, 1.54) is 11.1 Å². The van der Waals surface area contributed by atoms with Crippen molar-refractivity contribution in [3.63, 3.8) is 0 Å². The van der Waals surface area contributed by atoms with Crippen molar-refractivity contribution in [3.05, 3.63) is 106 Å². The van der Waals surface area contributed by atoms with Gasteiger partial charge in [0, 0.05) is 49.2 Å². The fourth-order valence-corrected chi connectivity index (χ4v) is 5.26. The molecule has 1 fully saturated rings. The SMILES string of the molecule is Cc1ccc(C(=O)N(CC(C)C)CC2CN(Cc3ccccc3Cl)CC2c2ccccc2)cc1. The summed E-state index contributed by atoms with van der Waals surface area (Å²) in [5.74, 6) is 1.28. The molecule has 0 aromatic heterocycles. The number of nitrogens with zero attached hydrogens (tertiary/aromatic N) is 2. The highest BCUT2D eigenvalue weighted by atomic mass is 35.5. The van der Waals surface area contributed by atoms with Crippen LogP contribution < -0.4 is 0 Å². The molecular formula is C30H35ClN2O. The van der Waals surface area contributed by atoms with E-state index in [0.717, 1.165) is 48.9 Å². The molecule has 2 unspecified atom stereocenters. The first kappa shape index (κ1) is 24.5. The van der Waals surface area contributed by atoms with Crippen LogP contribution in [0.3, 0.4) is 0 Å². The normalized spacial score (nSPS) is 18.4. The summed E-state index contributed by atoms with van der Waals surface area (Å²) in [6, 6.07) is 26.8. The monoisotopic (exact) mass is 474 g/mol. The van der Waals surface area contributed by atoms with Crippen molar-refractivity contribution >= 4 is 17.5 Å². The number of rotatable bonds is 8. The van der Waals surface area contributed by atoms with Crippen molar-refractivity contribution < 1.29 is 4.79 Å². The van der Waals surface area contributed by atoms with E-state index >= 15 is 0 Å². The van der Waals surface area contributed by atoms with Crippen molar-refractivity contribution in [2.24, 2.45) is 11.8 Å². The van der Waals surface area contributed by atoms with E-state index in [4.69, 9.17) is 11.6 Å². The molecule has 0 N–H and O–H groups in total. The van der Waals surface area contributed by atoms with Gasteiger partial charge in [-0.05, 0) is 48.1 Å². The molecule has 1 aliphatic rings. The highest BCUT2D eigenvalue weighted by Crippen LogP contribution is 2.35. The third-order valence-corrected chi connectivity index (χ3v) is 7.09. The molecule has 0 radical (unpaired) electrons. The summed E-state index contributed by atoms with van der Waals surface area (Å²) in [6.45, 7) is 10.7. The predicted molar refractivity (Wildman–Crippen MR) is 141 cm³/mol. The van der Waals surface area contributed by atoms with Crippen LogP contribution in [-0.4, -0.2) is 41.9 Å². The molecule has 4 rings (SSSR count). The fraction of sp³-hybridized carbons (Fsp3) is 0.367. The van der Waals surface area contributed by atoms with Gasteiger partial charge in [0.25, 0.3) is 5.91 Å². The van der Waals surface area contributed by atoms with Crippen LogP contribution in [0.2, 0.25) is 5.02 Å². The number of aryl methyl sites for hydroxylation is 1. The van der Waals surface area contributed by atoms with Crippen LogP contribution in [0.25, 0.3) is 0 Å². The molecule has 0 saturated carbocycles. The van der Waals surface area contributed by atoms with Gasteiger partial charge in [-0.1, -0.05) is 91.7 Å². The summed E-state index contributed by atoms with van der Waals surface area (Å²) in [5.41, 5.74) is 4.45. The van der Waals surface area contributed by atoms with Gasteiger partial charge in [0.1, 0.15) is 0 Å². The van der Waals surface area contributed by atoms with E-state index in [1.54, 1.807) is 0 Å². The largest absolute Gasteiger partial charge is 0.338 e. The van der Waals surface area contributed by atoms with E-state index in [2.05, 4.69) is 67.0 Å². The second-order valence-electron chi connectivity index (χ2n) is 10.0. The number of likely N-dealkylation sites (tertiary alicyclic amines) is 1. The summed E-state index contributed by atoms with van der Waals surface area (Å²) >= 11 is 6.47. The lowest BCUT2D eigenvalue weighted by molar-refractivity contribution is 0.0703. The quantitative estimate of drug-likeness (QED) is 0.364. The van der Waals surface area contributed by atoms with E-state index in [1.807, 2.05) is 42.5 Å². The van der Waals surface area contributed by atoms with Crippen LogP contribution in [0.5, 0.6) is 0 Å². The van der Waals surface area contributed by atoms with Gasteiger partial charge < -0.3 is 4.90 Å². The number of hydrogen-bond acceptors (Lipinski definition) is 2. The Morgan fingerprint density at radius 1 is 0.971 bits per heavy atom. The van der Waals surface area contributed by atoms with Crippen molar-refractivity contribution in [3.8, 4) is 0 Å². The van der Waals surface area contributed by atoms with E-state index in [0.29, 0.717) is 17.8 Å². The molecule has 3 nitrogen and oxygen atoms in total. The first-order valence-electron chi connectivity index (χ1n) is 12.3. The minimum Gasteiger partial charge on any atom is -0.338 e. The molecular weight excluding hydrogens is 440 g/mol. The standard InChI is InChI=1S/C30H35ClN2O/c1-22(2)17-33(30(34)25-15-13-23(3)14-16-25)20-27-19-32(18-26-11-7-8-12-29(26)31)21-28(27)24-9-5-4-6-10-24/h4-16,22,27-28H,17-21H2,1-3H3. The lowest BCUT2D eigenvalue weighted by Crippen LogP contribution is -2.39. The molecule has 1 amide bonds. The summed E-state index contributed by atoms with van der Waals surface area (Å²) < 4.78 is 0. The molecule has 1 saturated heterocycles. The third-order valence-electron chi connectivity index (χ3n) is 6.72. The lowest BCUT2D eigenvalue weighted by Gasteiger charge is -2.30. The summed E-state index contributed by atoms with van der Waals surface area (Å²) in [6.07, 6.45) is 0. The van der Waals surface area contributed by atoms with Crippen LogP contribution in [-0.2, 0) is 6.54 Å². The number of hydrogen-bond donors (Lipinski definition) is 0. The maximum absolute atomic E-state index is 13.5. The average molecular weight is 475 g/mol. The van der Waals surface area contributed by atoms with Gasteiger partial charge in [0.2, 0.25) is 0 Å². The van der Waals surface area contributed by atoms with Gasteiger partial charge in [-0.15, -0.1) is 0 Å². The predicted octanol–water partition coefficient (Wildman–Crippen LogP) is 6.66. The molecule has 3 aromatic rings. The summed E-state index contributed by atoms with van der Waals surface area (Å²) in [4.78, 5) is 18.1. The Kier molecular flexibility index (Phi) is 8.07. The van der Waals surface area contributed by atoms with Crippen LogP contribution in [0.4, 0.5) is 0 Å². The highest BCUT2D eigenvalue weighted by Gasteiger charge is 2.36. The zero-order valence-electron chi connectivity index (χ0n) is 20.5. The fourth-order valence-electron chi connectivity index (χ4n) is 5.06. The molecule has 1 aliphatic heterocycles. The molecule has 2 atom stereocenters. The van der Waals surface area contributed by atoms with Crippen LogP contribution >= 0.6 is 11.6 Å². The van der Waals surface area contributed by atoms with Gasteiger partial charge in [-0.3, -0.25) is 9.69 Å². The number of carbonyl (C=O) groups is 1. The van der Waals surface area contributed by atoms with Gasteiger partial charge >= 0.3 is 0 Å². The van der Waals surface area contributed by atoms with Crippen LogP contribution in [0, 0.1) is 18.8 Å². The van der Waals surface area contributed by atoms with E-state index < -0.39 is 0 Å². The van der Waals surface area contributed by atoms with Crippen molar-refractivity contribution in [2.45, 2.75) is 33.2 Å². The van der Waals surface area contributed by atoms with E-state index in [9.17, 15) is 4.79 Å². The Morgan fingerprint density at radius 3 is 2.32 bits per heavy atom. The molecule has 0 bridgehead atoms. The van der Waals surface area contributed by atoms with E-state index in [-0.39, 0.29) is 5.91 Å². The average Bonchev–Trinajstić information content (AvgIpc) is 3.22. The second-order valence-corrected chi connectivity index (χ2v) is 10.4. The Balaban J connectivity index is 1.57. The lowest BCUT2D eigenvalue weighted by atomic mass is 9.88. The van der Waals surface area contributed by atoms with Crippen molar-refractivity contribution in [1.29, 1.82) is 0 Å². The first-order chi connectivity index (χ1) is 16.4. The third kappa shape index (κ3) is 6.08. The second kappa shape index (κ2) is 11.2. The van der Waals surface area contributed by atoms with Gasteiger partial charge in [-0.25, -0.2) is 0 Å².